The van der Waals surface area contributed by atoms with E-state index in [4.69, 9.17) is 9.73 Å². The Morgan fingerprint density at radius 2 is 2.07 bits per heavy atom. The van der Waals surface area contributed by atoms with Gasteiger partial charge in [-0.1, -0.05) is 30.3 Å². The van der Waals surface area contributed by atoms with E-state index < -0.39 is 0 Å². The van der Waals surface area contributed by atoms with Gasteiger partial charge in [0.05, 0.1) is 6.10 Å². The second kappa shape index (κ2) is 12.4. The molecule has 2 N–H and O–H groups in total. The minimum Gasteiger partial charge on any atom is -0.379 e. The van der Waals surface area contributed by atoms with Crippen molar-refractivity contribution >= 4 is 11.9 Å². The number of carbonyl (C=O) groups excluding carboxylic acids is 1. The van der Waals surface area contributed by atoms with Crippen molar-refractivity contribution in [3.63, 3.8) is 0 Å². The van der Waals surface area contributed by atoms with Crippen molar-refractivity contribution in [3.05, 3.63) is 35.9 Å². The maximum Gasteiger partial charge on any atom is 0.223 e. The van der Waals surface area contributed by atoms with Crippen molar-refractivity contribution in [1.82, 2.24) is 15.5 Å². The molecule has 0 spiro atoms. The predicted molar refractivity (Wildman–Crippen MR) is 115 cm³/mol. The van der Waals surface area contributed by atoms with E-state index in [9.17, 15) is 4.79 Å². The first-order chi connectivity index (χ1) is 13.6. The number of amides is 1. The first-order valence-electron chi connectivity index (χ1n) is 10.5. The zero-order valence-electron chi connectivity index (χ0n) is 17.6. The number of nitrogens with one attached hydrogen (secondary N) is 2. The number of hydrogen-bond acceptors (Lipinski definition) is 3. The van der Waals surface area contributed by atoms with Gasteiger partial charge in [0.1, 0.15) is 0 Å². The van der Waals surface area contributed by atoms with E-state index in [2.05, 4.69) is 29.7 Å². The van der Waals surface area contributed by atoms with Crippen LogP contribution in [0.4, 0.5) is 0 Å². The van der Waals surface area contributed by atoms with Crippen molar-refractivity contribution < 1.29 is 9.53 Å². The Labute approximate surface area is 169 Å². The summed E-state index contributed by atoms with van der Waals surface area (Å²) in [5.41, 5.74) is 1.27. The normalized spacial score (nSPS) is 17.4. The van der Waals surface area contributed by atoms with Crippen LogP contribution in [0.5, 0.6) is 0 Å². The molecule has 28 heavy (non-hydrogen) atoms. The van der Waals surface area contributed by atoms with Crippen LogP contribution in [0, 0.1) is 5.92 Å². The summed E-state index contributed by atoms with van der Waals surface area (Å²) in [5, 5.41) is 6.62. The molecule has 2 rings (SSSR count). The third-order valence-corrected chi connectivity index (χ3v) is 4.72. The van der Waals surface area contributed by atoms with Gasteiger partial charge in [-0.25, -0.2) is 0 Å². The number of aliphatic imine (C=N–C) groups is 1. The van der Waals surface area contributed by atoms with E-state index in [1.165, 1.54) is 5.56 Å². The molecular weight excluding hydrogens is 352 g/mol. The molecule has 156 valence electrons. The molecule has 1 unspecified atom stereocenters. The van der Waals surface area contributed by atoms with E-state index in [-0.39, 0.29) is 12.0 Å². The van der Waals surface area contributed by atoms with Gasteiger partial charge in [0, 0.05) is 51.7 Å². The number of nitrogens with zero attached hydrogens (tertiary/aromatic N) is 2. The fourth-order valence-electron chi connectivity index (χ4n) is 3.26. The fourth-order valence-corrected chi connectivity index (χ4v) is 3.26. The van der Waals surface area contributed by atoms with E-state index >= 15 is 0 Å². The maximum absolute atomic E-state index is 12.3. The van der Waals surface area contributed by atoms with Gasteiger partial charge < -0.3 is 20.3 Å². The smallest absolute Gasteiger partial charge is 0.223 e. The molecule has 1 aromatic carbocycles. The van der Waals surface area contributed by atoms with Crippen LogP contribution >= 0.6 is 0 Å². The summed E-state index contributed by atoms with van der Waals surface area (Å²) in [5.74, 6) is 1.37. The highest BCUT2D eigenvalue weighted by Crippen LogP contribution is 2.18. The summed E-state index contributed by atoms with van der Waals surface area (Å²) in [6.45, 7) is 10.8. The van der Waals surface area contributed by atoms with Crippen LogP contribution in [-0.4, -0.2) is 62.2 Å². The molecule has 1 aliphatic rings. The third-order valence-electron chi connectivity index (χ3n) is 4.72. The number of rotatable bonds is 11. The molecule has 1 atom stereocenters. The van der Waals surface area contributed by atoms with Gasteiger partial charge in [0.2, 0.25) is 5.91 Å². The first kappa shape index (κ1) is 22.2. The summed E-state index contributed by atoms with van der Waals surface area (Å²) in [4.78, 5) is 19.0. The fraction of sp³-hybridized carbons (Fsp3) is 0.636. The van der Waals surface area contributed by atoms with Gasteiger partial charge in [0.25, 0.3) is 0 Å². The Bertz CT molecular complexity index is 604. The van der Waals surface area contributed by atoms with Crippen LogP contribution in [0.15, 0.2) is 35.3 Å². The Kier molecular flexibility index (Phi) is 9.83. The van der Waals surface area contributed by atoms with Gasteiger partial charge in [-0.05, 0) is 39.2 Å². The van der Waals surface area contributed by atoms with Gasteiger partial charge in [0.15, 0.2) is 5.96 Å². The monoisotopic (exact) mass is 388 g/mol. The van der Waals surface area contributed by atoms with Crippen molar-refractivity contribution in [2.24, 2.45) is 10.9 Å². The number of carbonyl (C=O) groups is 1. The van der Waals surface area contributed by atoms with E-state index in [0.29, 0.717) is 18.9 Å². The molecule has 1 heterocycles. The first-order valence-corrected chi connectivity index (χ1v) is 10.5. The van der Waals surface area contributed by atoms with Crippen LogP contribution in [0.25, 0.3) is 0 Å². The van der Waals surface area contributed by atoms with E-state index in [1.54, 1.807) is 0 Å². The van der Waals surface area contributed by atoms with Gasteiger partial charge in [-0.3, -0.25) is 9.79 Å². The molecule has 6 heteroatoms. The summed E-state index contributed by atoms with van der Waals surface area (Å²) in [7, 11) is 0. The van der Waals surface area contributed by atoms with Crippen molar-refractivity contribution in [2.45, 2.75) is 46.1 Å². The zero-order valence-corrected chi connectivity index (χ0v) is 17.6. The molecule has 1 amide bonds. The molecule has 0 aliphatic carbocycles. The number of hydrogen-bond donors (Lipinski definition) is 2. The van der Waals surface area contributed by atoms with Crippen molar-refractivity contribution in [1.29, 1.82) is 0 Å². The van der Waals surface area contributed by atoms with Crippen LogP contribution in [-0.2, 0) is 16.0 Å². The Hall–Kier alpha value is -2.08. The lowest BCUT2D eigenvalue weighted by Crippen LogP contribution is -2.38. The lowest BCUT2D eigenvalue weighted by molar-refractivity contribution is -0.127. The standard InChI is InChI=1S/C22H36N4O2/c1-4-23-22(24-12-8-14-28-18(2)3)25-16-20-15-21(27)26(17-20)13-11-19-9-6-5-7-10-19/h5-7,9-10,18,20H,4,8,11-17H2,1-3H3,(H2,23,24,25). The molecule has 6 nitrogen and oxygen atoms in total. The minimum absolute atomic E-state index is 0.250. The minimum atomic E-state index is 0.250. The van der Waals surface area contributed by atoms with Gasteiger partial charge >= 0.3 is 0 Å². The highest BCUT2D eigenvalue weighted by molar-refractivity contribution is 5.80. The number of benzene rings is 1. The molecule has 0 aromatic heterocycles. The predicted octanol–water partition coefficient (Wildman–Crippen LogP) is 2.45. The maximum atomic E-state index is 12.3. The average Bonchev–Trinajstić information content (AvgIpc) is 3.04. The lowest BCUT2D eigenvalue weighted by atomic mass is 10.1. The Morgan fingerprint density at radius 1 is 1.29 bits per heavy atom. The van der Waals surface area contributed by atoms with Crippen molar-refractivity contribution in [2.75, 3.05) is 39.3 Å². The molecule has 1 aliphatic heterocycles. The summed E-state index contributed by atoms with van der Waals surface area (Å²) < 4.78 is 5.56. The van der Waals surface area contributed by atoms with E-state index in [0.717, 1.165) is 51.6 Å². The number of ether oxygens (including phenoxy) is 1. The molecule has 1 saturated heterocycles. The highest BCUT2D eigenvalue weighted by atomic mass is 16.5. The largest absolute Gasteiger partial charge is 0.379 e. The molecule has 0 radical (unpaired) electrons. The molecule has 1 fully saturated rings. The SMILES string of the molecule is CCNC(=NCC1CC(=O)N(CCc2ccccc2)C1)NCCCOC(C)C. The van der Waals surface area contributed by atoms with Gasteiger partial charge in [-0.2, -0.15) is 0 Å². The average molecular weight is 389 g/mol. The number of likely N-dealkylation sites (tertiary alicyclic amines) is 1. The van der Waals surface area contributed by atoms with Crippen LogP contribution in [0.2, 0.25) is 0 Å². The Morgan fingerprint density at radius 3 is 2.79 bits per heavy atom. The molecular formula is C22H36N4O2. The zero-order chi connectivity index (χ0) is 20.2. The van der Waals surface area contributed by atoms with Crippen LogP contribution in [0.3, 0.4) is 0 Å². The lowest BCUT2D eigenvalue weighted by Gasteiger charge is -2.16. The van der Waals surface area contributed by atoms with Crippen LogP contribution < -0.4 is 10.6 Å². The van der Waals surface area contributed by atoms with Crippen LogP contribution in [0.1, 0.15) is 39.2 Å². The second-order valence-corrected chi connectivity index (χ2v) is 7.57. The summed E-state index contributed by atoms with van der Waals surface area (Å²) in [6, 6.07) is 10.3. The van der Waals surface area contributed by atoms with Gasteiger partial charge in [-0.15, -0.1) is 0 Å². The summed E-state index contributed by atoms with van der Waals surface area (Å²) >= 11 is 0. The van der Waals surface area contributed by atoms with Crippen molar-refractivity contribution in [3.8, 4) is 0 Å². The van der Waals surface area contributed by atoms with E-state index in [1.807, 2.05) is 36.9 Å². The quantitative estimate of drug-likeness (QED) is 0.347. The topological polar surface area (TPSA) is 66.0 Å². The second-order valence-electron chi connectivity index (χ2n) is 7.57. The highest BCUT2D eigenvalue weighted by Gasteiger charge is 2.28. The summed E-state index contributed by atoms with van der Waals surface area (Å²) in [6.07, 6.45) is 2.72. The molecule has 0 saturated carbocycles. The molecule has 0 bridgehead atoms. The number of guanidine groups is 1. The molecule has 1 aromatic rings. The Balaban J connectivity index is 1.73. The third kappa shape index (κ3) is 8.30.